The second-order valence-electron chi connectivity index (χ2n) is 6.45. The quantitative estimate of drug-likeness (QED) is 0.356. The van der Waals surface area contributed by atoms with Gasteiger partial charge < -0.3 is 24.6 Å². The van der Waals surface area contributed by atoms with Gasteiger partial charge in [-0.1, -0.05) is 30.3 Å². The summed E-state index contributed by atoms with van der Waals surface area (Å²) in [6.07, 6.45) is -0.00110. The molecule has 10 heteroatoms. The number of carbonyl (C=O) groups excluding carboxylic acids is 2. The first kappa shape index (κ1) is 24.2. The number of nitrogens with one attached hydrogen (secondary N) is 2. The molecule has 0 atom stereocenters. The van der Waals surface area contributed by atoms with E-state index in [1.807, 2.05) is 6.07 Å². The Morgan fingerprint density at radius 2 is 1.53 bits per heavy atom. The molecule has 2 amide bonds. The third kappa shape index (κ3) is 6.73. The summed E-state index contributed by atoms with van der Waals surface area (Å²) in [4.78, 5) is 35.6. The maximum atomic E-state index is 12.5. The molecule has 0 unspecified atom stereocenters. The van der Waals surface area contributed by atoms with Crippen molar-refractivity contribution in [2.24, 2.45) is 5.10 Å². The van der Waals surface area contributed by atoms with Gasteiger partial charge in [-0.2, -0.15) is 5.10 Å². The minimum atomic E-state index is -0.974. The Morgan fingerprint density at radius 3 is 2.06 bits per heavy atom. The van der Waals surface area contributed by atoms with Crippen LogP contribution in [-0.2, 0) is 9.59 Å². The minimum Gasteiger partial charge on any atom is -0.493 e. The molecule has 32 heavy (non-hydrogen) atoms. The lowest BCUT2D eigenvalue weighted by Gasteiger charge is -2.14. The van der Waals surface area contributed by atoms with Crippen molar-refractivity contribution in [1.82, 2.24) is 10.7 Å². The molecule has 10 nitrogen and oxygen atoms in total. The third-order valence-corrected chi connectivity index (χ3v) is 4.33. The monoisotopic (exact) mass is 443 g/mol. The zero-order valence-electron chi connectivity index (χ0n) is 18.0. The fourth-order valence-corrected chi connectivity index (χ4v) is 2.76. The van der Waals surface area contributed by atoms with E-state index in [4.69, 9.17) is 19.3 Å². The zero-order chi connectivity index (χ0) is 23.5. The lowest BCUT2D eigenvalue weighted by atomic mass is 10.1. The summed E-state index contributed by atoms with van der Waals surface area (Å²) in [5.41, 5.74) is 3.66. The van der Waals surface area contributed by atoms with Crippen LogP contribution in [0.4, 0.5) is 0 Å². The second-order valence-corrected chi connectivity index (χ2v) is 6.45. The molecule has 0 aromatic heterocycles. The van der Waals surface area contributed by atoms with Gasteiger partial charge in [-0.05, 0) is 17.7 Å². The largest absolute Gasteiger partial charge is 0.493 e. The number of amides is 2. The number of aliphatic carboxylic acids is 1. The highest BCUT2D eigenvalue weighted by Gasteiger charge is 2.17. The van der Waals surface area contributed by atoms with E-state index in [0.29, 0.717) is 28.5 Å². The van der Waals surface area contributed by atoms with Crippen LogP contribution in [0.5, 0.6) is 17.2 Å². The van der Waals surface area contributed by atoms with E-state index < -0.39 is 17.8 Å². The van der Waals surface area contributed by atoms with Gasteiger partial charge in [0.05, 0.1) is 40.0 Å². The Hall–Kier alpha value is -4.08. The van der Waals surface area contributed by atoms with Crippen LogP contribution in [0, 0.1) is 0 Å². The van der Waals surface area contributed by atoms with Crippen LogP contribution in [0.3, 0.4) is 0 Å². The molecule has 0 saturated heterocycles. The Morgan fingerprint density at radius 1 is 0.906 bits per heavy atom. The van der Waals surface area contributed by atoms with Gasteiger partial charge in [-0.15, -0.1) is 0 Å². The fourth-order valence-electron chi connectivity index (χ4n) is 2.76. The molecule has 0 aliphatic carbocycles. The molecule has 0 fully saturated rings. The number of hydrogen-bond donors (Lipinski definition) is 3. The van der Waals surface area contributed by atoms with Crippen LogP contribution in [0.2, 0.25) is 0 Å². The van der Waals surface area contributed by atoms with E-state index in [9.17, 15) is 14.4 Å². The number of ether oxygens (including phenoxy) is 3. The molecule has 2 aromatic rings. The number of hydrazone groups is 1. The molecule has 0 saturated carbocycles. The third-order valence-electron chi connectivity index (χ3n) is 4.33. The van der Waals surface area contributed by atoms with Crippen LogP contribution in [0.25, 0.3) is 0 Å². The molecule has 0 aliphatic heterocycles. The zero-order valence-corrected chi connectivity index (χ0v) is 18.0. The number of benzene rings is 2. The van der Waals surface area contributed by atoms with Crippen LogP contribution >= 0.6 is 0 Å². The Bertz CT molecular complexity index is 965. The molecule has 0 bridgehead atoms. The van der Waals surface area contributed by atoms with E-state index in [2.05, 4.69) is 15.8 Å². The van der Waals surface area contributed by atoms with Crippen molar-refractivity contribution in [2.75, 3.05) is 27.9 Å². The normalized spacial score (nSPS) is 10.8. The van der Waals surface area contributed by atoms with Crippen LogP contribution in [0.1, 0.15) is 28.8 Å². The number of rotatable bonds is 11. The highest BCUT2D eigenvalue weighted by molar-refractivity contribution is 6.02. The van der Waals surface area contributed by atoms with Gasteiger partial charge >= 0.3 is 5.97 Å². The standard InChI is InChI=1S/C22H25N3O7/c1-30-17-11-15(12-18(31-2)21(17)32-3)22(29)23-13-19(26)25-24-16(9-10-20(27)28)14-7-5-4-6-8-14/h4-8,11-12H,9-10,13H2,1-3H3,(H,23,29)(H,25,26)(H,27,28)/b24-16-. The molecule has 170 valence electrons. The van der Waals surface area contributed by atoms with Crippen molar-refractivity contribution in [3.63, 3.8) is 0 Å². The summed E-state index contributed by atoms with van der Waals surface area (Å²) in [5, 5.41) is 15.5. The summed E-state index contributed by atoms with van der Waals surface area (Å²) in [7, 11) is 4.31. The molecular formula is C22H25N3O7. The van der Waals surface area contributed by atoms with Crippen molar-refractivity contribution < 1.29 is 33.7 Å². The highest BCUT2D eigenvalue weighted by atomic mass is 16.5. The molecular weight excluding hydrogens is 418 g/mol. The number of carboxylic acids is 1. The van der Waals surface area contributed by atoms with Crippen LogP contribution in [0.15, 0.2) is 47.6 Å². The van der Waals surface area contributed by atoms with Gasteiger partial charge in [0, 0.05) is 12.0 Å². The summed E-state index contributed by atoms with van der Waals surface area (Å²) < 4.78 is 15.7. The van der Waals surface area contributed by atoms with E-state index in [1.165, 1.54) is 33.5 Å². The lowest BCUT2D eigenvalue weighted by Crippen LogP contribution is -2.35. The van der Waals surface area contributed by atoms with Gasteiger partial charge in [-0.3, -0.25) is 14.4 Å². The highest BCUT2D eigenvalue weighted by Crippen LogP contribution is 2.38. The SMILES string of the molecule is COc1cc(C(=O)NCC(=O)N/N=C(/CCC(=O)O)c2ccccc2)cc(OC)c1OC. The van der Waals surface area contributed by atoms with E-state index >= 15 is 0 Å². The van der Waals surface area contributed by atoms with Gasteiger partial charge in [0.2, 0.25) is 5.75 Å². The van der Waals surface area contributed by atoms with Gasteiger partial charge in [0.25, 0.3) is 11.8 Å². The Labute approximate surface area is 185 Å². The number of hydrogen-bond acceptors (Lipinski definition) is 7. The fraction of sp³-hybridized carbons (Fsp3) is 0.273. The van der Waals surface area contributed by atoms with E-state index in [0.717, 1.165) is 0 Å². The topological polar surface area (TPSA) is 136 Å². The first-order valence-corrected chi connectivity index (χ1v) is 9.60. The van der Waals surface area contributed by atoms with E-state index in [1.54, 1.807) is 24.3 Å². The number of carboxylic acid groups (broad SMARTS) is 1. The predicted molar refractivity (Wildman–Crippen MR) is 116 cm³/mol. The van der Waals surface area contributed by atoms with Crippen LogP contribution < -0.4 is 25.0 Å². The van der Waals surface area contributed by atoms with Crippen molar-refractivity contribution in [3.05, 3.63) is 53.6 Å². The first-order valence-electron chi connectivity index (χ1n) is 9.60. The molecule has 3 N–H and O–H groups in total. The average Bonchev–Trinajstić information content (AvgIpc) is 2.81. The van der Waals surface area contributed by atoms with Crippen molar-refractivity contribution in [1.29, 1.82) is 0 Å². The Kier molecular flexibility index (Phi) is 9.03. The van der Waals surface area contributed by atoms with Crippen LogP contribution in [-0.4, -0.2) is 56.5 Å². The van der Waals surface area contributed by atoms with Gasteiger partial charge in [0.1, 0.15) is 0 Å². The molecule has 2 rings (SSSR count). The van der Waals surface area contributed by atoms with Crippen molar-refractivity contribution in [2.45, 2.75) is 12.8 Å². The minimum absolute atomic E-state index is 0.136. The molecule has 0 radical (unpaired) electrons. The van der Waals surface area contributed by atoms with E-state index in [-0.39, 0.29) is 24.9 Å². The van der Waals surface area contributed by atoms with Gasteiger partial charge in [0.15, 0.2) is 11.5 Å². The number of nitrogens with zero attached hydrogens (tertiary/aromatic N) is 1. The molecule has 0 spiro atoms. The van der Waals surface area contributed by atoms with Crippen molar-refractivity contribution >= 4 is 23.5 Å². The maximum Gasteiger partial charge on any atom is 0.303 e. The predicted octanol–water partition coefficient (Wildman–Crippen LogP) is 1.83. The second kappa shape index (κ2) is 11.9. The summed E-state index contributed by atoms with van der Waals surface area (Å²) in [5.74, 6) is -1.13. The molecule has 2 aromatic carbocycles. The van der Waals surface area contributed by atoms with Crippen molar-refractivity contribution in [3.8, 4) is 17.2 Å². The van der Waals surface area contributed by atoms with Gasteiger partial charge in [-0.25, -0.2) is 5.43 Å². The summed E-state index contributed by atoms with van der Waals surface area (Å²) >= 11 is 0. The average molecular weight is 443 g/mol. The molecule has 0 heterocycles. The summed E-state index contributed by atoms with van der Waals surface area (Å²) in [6.45, 7) is -0.347. The number of methoxy groups -OCH3 is 3. The first-order chi connectivity index (χ1) is 15.4. The molecule has 0 aliphatic rings. The number of carbonyl (C=O) groups is 3. The lowest BCUT2D eigenvalue weighted by molar-refractivity contribution is -0.136. The smallest absolute Gasteiger partial charge is 0.303 e. The Balaban J connectivity index is 2.04. The summed E-state index contributed by atoms with van der Waals surface area (Å²) in [6, 6.07) is 11.8. The maximum absolute atomic E-state index is 12.5.